The molecule has 0 saturated carbocycles. The number of anilines is 1. The molecule has 2 aromatic heterocycles. The van der Waals surface area contributed by atoms with E-state index in [-0.39, 0.29) is 24.0 Å². The summed E-state index contributed by atoms with van der Waals surface area (Å²) in [5, 5.41) is 20.1. The number of carbonyl (C=O) groups excluding carboxylic acids is 1. The van der Waals surface area contributed by atoms with Crippen LogP contribution in [-0.4, -0.2) is 87.3 Å². The molecule has 6 rings (SSSR count). The summed E-state index contributed by atoms with van der Waals surface area (Å²) in [4.78, 5) is 23.9. The number of nitrogens with zero attached hydrogens (tertiary/aromatic N) is 8. The molecule has 4 aromatic rings. The van der Waals surface area contributed by atoms with E-state index < -0.39 is 17.5 Å². The van der Waals surface area contributed by atoms with E-state index in [4.69, 9.17) is 21.3 Å². The number of benzene rings is 2. The lowest BCUT2D eigenvalue weighted by molar-refractivity contribution is 0.00557. The number of hydrogen-bond acceptors (Lipinski definition) is 8. The van der Waals surface area contributed by atoms with Crippen LogP contribution >= 0.6 is 11.6 Å². The number of likely N-dealkylation sites (N-methyl/N-ethyl adjacent to an activating group) is 1. The molecule has 0 spiro atoms. The average Bonchev–Trinajstić information content (AvgIpc) is 3.40. The maximum absolute atomic E-state index is 16.9. The summed E-state index contributed by atoms with van der Waals surface area (Å²) in [6.45, 7) is 11.1. The van der Waals surface area contributed by atoms with Gasteiger partial charge in [0.25, 0.3) is 0 Å². The van der Waals surface area contributed by atoms with Gasteiger partial charge in [0.2, 0.25) is 0 Å². The highest BCUT2D eigenvalue weighted by atomic mass is 35.5. The largest absolute Gasteiger partial charge is 0.444 e. The minimum absolute atomic E-state index is 0.157. The van der Waals surface area contributed by atoms with Gasteiger partial charge in [0.05, 0.1) is 29.6 Å². The summed E-state index contributed by atoms with van der Waals surface area (Å²) in [7, 11) is 4.09. The summed E-state index contributed by atoms with van der Waals surface area (Å²) in [5.74, 6) is 0.154. The molecule has 0 N–H and O–H groups in total. The Labute approximate surface area is 273 Å². The van der Waals surface area contributed by atoms with Gasteiger partial charge in [0.1, 0.15) is 16.6 Å². The number of nitriles is 1. The molecule has 0 bridgehead atoms. The van der Waals surface area contributed by atoms with Crippen LogP contribution in [0.1, 0.15) is 57.2 Å². The molecule has 2 fully saturated rings. The lowest BCUT2D eigenvalue weighted by atomic mass is 9.94. The Kier molecular flexibility index (Phi) is 8.32. The van der Waals surface area contributed by atoms with E-state index in [0.717, 1.165) is 24.2 Å². The number of ether oxygens (including phenoxy) is 1. The Morgan fingerprint density at radius 3 is 2.61 bits per heavy atom. The van der Waals surface area contributed by atoms with E-state index in [2.05, 4.69) is 26.2 Å². The fourth-order valence-electron chi connectivity index (χ4n) is 6.62. The third-order valence-electron chi connectivity index (χ3n) is 9.16. The van der Waals surface area contributed by atoms with Gasteiger partial charge < -0.3 is 19.4 Å². The lowest BCUT2D eigenvalue weighted by Crippen LogP contribution is -2.57. The number of fused-ring (bicyclic) bond motifs is 3. The normalized spacial score (nSPS) is 19.2. The van der Waals surface area contributed by atoms with Crippen molar-refractivity contribution in [3.63, 3.8) is 0 Å². The van der Waals surface area contributed by atoms with Gasteiger partial charge in [-0.15, -0.1) is 5.10 Å². The number of piperidine rings is 1. The van der Waals surface area contributed by atoms with Gasteiger partial charge in [-0.25, -0.2) is 18.9 Å². The quantitative estimate of drug-likeness (QED) is 0.237. The molecule has 10 nitrogen and oxygen atoms in total. The summed E-state index contributed by atoms with van der Waals surface area (Å²) >= 11 is 6.71. The van der Waals surface area contributed by atoms with Crippen LogP contribution in [0, 0.1) is 31.0 Å². The van der Waals surface area contributed by atoms with Crippen molar-refractivity contribution >= 4 is 45.4 Å². The Bertz CT molecular complexity index is 1870. The van der Waals surface area contributed by atoms with Crippen molar-refractivity contribution in [2.24, 2.45) is 0 Å². The minimum atomic E-state index is -0.651. The highest BCUT2D eigenvalue weighted by Gasteiger charge is 2.38. The first-order valence-electron chi connectivity index (χ1n) is 15.7. The number of carbonyl (C=O) groups is 1. The molecule has 0 aliphatic carbocycles. The first-order valence-corrected chi connectivity index (χ1v) is 16.1. The van der Waals surface area contributed by atoms with Gasteiger partial charge in [-0.3, -0.25) is 0 Å². The first-order chi connectivity index (χ1) is 21.8. The molecule has 2 aromatic carbocycles. The fourth-order valence-corrected chi connectivity index (χ4v) is 6.84. The smallest absolute Gasteiger partial charge is 0.410 e. The predicted octanol–water partition coefficient (Wildman–Crippen LogP) is 6.66. The second kappa shape index (κ2) is 12.0. The number of amides is 1. The molecule has 1 amide bonds. The SMILES string of the molecule is Cc1cccc(-c2c(C)cc3c(nc(N4CC(N(C)C)C4)c4nnn([C@H]5CCN(C(=O)OC(C)(C)C)[C@H](CC#N)C5)c43)c2F)c1Cl. The second-order valence-corrected chi connectivity index (χ2v) is 14.2. The Morgan fingerprint density at radius 1 is 1.20 bits per heavy atom. The van der Waals surface area contributed by atoms with E-state index in [0.29, 0.717) is 63.8 Å². The van der Waals surface area contributed by atoms with Crippen LogP contribution in [0.4, 0.5) is 15.0 Å². The number of halogens is 2. The van der Waals surface area contributed by atoms with Crippen LogP contribution in [0.2, 0.25) is 5.02 Å². The van der Waals surface area contributed by atoms with E-state index in [1.165, 1.54) is 0 Å². The summed E-state index contributed by atoms with van der Waals surface area (Å²) in [5.41, 5.74) is 3.52. The van der Waals surface area contributed by atoms with Crippen LogP contribution in [-0.2, 0) is 4.74 Å². The Morgan fingerprint density at radius 2 is 1.93 bits per heavy atom. The standard InChI is InChI=1S/C34H40ClFN8O2/c1-19-9-8-10-24(27(19)35)26-20(2)15-25-29(28(26)36)38-32(42-17-23(18-42)41(6)7)30-31(25)44(40-39-30)22-12-14-43(21(16-22)11-13-37)33(45)46-34(3,4)5/h8-10,15,21-23H,11-12,14,16-18H2,1-7H3/t21-,22+/m1/s1. The first kappa shape index (κ1) is 32.0. The van der Waals surface area contributed by atoms with Gasteiger partial charge in [0, 0.05) is 42.2 Å². The van der Waals surface area contributed by atoms with Gasteiger partial charge in [-0.1, -0.05) is 35.0 Å². The van der Waals surface area contributed by atoms with Crippen molar-refractivity contribution in [2.75, 3.05) is 38.6 Å². The van der Waals surface area contributed by atoms with Crippen molar-refractivity contribution in [3.8, 4) is 17.2 Å². The lowest BCUT2D eigenvalue weighted by Gasteiger charge is -2.43. The predicted molar refractivity (Wildman–Crippen MR) is 178 cm³/mol. The summed E-state index contributed by atoms with van der Waals surface area (Å²) < 4.78 is 24.4. The molecular formula is C34H40ClFN8O2. The average molecular weight is 647 g/mol. The Hall–Kier alpha value is -4.01. The number of aryl methyl sites for hydroxylation is 2. The third-order valence-corrected chi connectivity index (χ3v) is 9.66. The van der Waals surface area contributed by atoms with E-state index in [9.17, 15) is 10.1 Å². The molecule has 2 aliphatic heterocycles. The number of hydrogen-bond donors (Lipinski definition) is 0. The van der Waals surface area contributed by atoms with Crippen LogP contribution < -0.4 is 4.90 Å². The van der Waals surface area contributed by atoms with Crippen molar-refractivity contribution in [2.45, 2.75) is 77.6 Å². The maximum atomic E-state index is 16.9. The van der Waals surface area contributed by atoms with Crippen LogP contribution in [0.5, 0.6) is 0 Å². The zero-order valence-electron chi connectivity index (χ0n) is 27.4. The van der Waals surface area contributed by atoms with E-state index in [1.54, 1.807) is 4.90 Å². The van der Waals surface area contributed by atoms with Gasteiger partial charge in [-0.2, -0.15) is 5.26 Å². The maximum Gasteiger partial charge on any atom is 0.410 e. The molecule has 2 aliphatic rings. The van der Waals surface area contributed by atoms with E-state index >= 15 is 4.39 Å². The summed E-state index contributed by atoms with van der Waals surface area (Å²) in [6.07, 6.45) is 0.781. The highest BCUT2D eigenvalue weighted by Crippen LogP contribution is 2.42. The minimum Gasteiger partial charge on any atom is -0.444 e. The third kappa shape index (κ3) is 5.62. The number of rotatable bonds is 5. The van der Waals surface area contributed by atoms with Gasteiger partial charge >= 0.3 is 6.09 Å². The van der Waals surface area contributed by atoms with Crippen LogP contribution in [0.25, 0.3) is 33.1 Å². The zero-order chi connectivity index (χ0) is 33.1. The molecule has 0 unspecified atom stereocenters. The fraction of sp³-hybridized carbons (Fsp3) is 0.500. The van der Waals surface area contributed by atoms with Gasteiger partial charge in [0.15, 0.2) is 17.2 Å². The Balaban J connectivity index is 1.49. The molecule has 2 atom stereocenters. The van der Waals surface area contributed by atoms with Crippen molar-refractivity contribution in [1.82, 2.24) is 29.8 Å². The van der Waals surface area contributed by atoms with Gasteiger partial charge in [-0.05, 0) is 78.7 Å². The zero-order valence-corrected chi connectivity index (χ0v) is 28.2. The van der Waals surface area contributed by atoms with Crippen molar-refractivity contribution in [1.29, 1.82) is 5.26 Å². The highest BCUT2D eigenvalue weighted by molar-refractivity contribution is 6.34. The molecule has 12 heteroatoms. The number of pyridine rings is 1. The molecular weight excluding hydrogens is 607 g/mol. The van der Waals surface area contributed by atoms with E-state index in [1.807, 2.05) is 77.7 Å². The molecule has 0 radical (unpaired) electrons. The number of aromatic nitrogens is 4. The monoisotopic (exact) mass is 646 g/mol. The van der Waals surface area contributed by atoms with Crippen molar-refractivity contribution in [3.05, 3.63) is 46.2 Å². The molecule has 4 heterocycles. The molecule has 46 heavy (non-hydrogen) atoms. The second-order valence-electron chi connectivity index (χ2n) is 13.8. The molecule has 242 valence electrons. The van der Waals surface area contributed by atoms with Crippen molar-refractivity contribution < 1.29 is 13.9 Å². The topological polar surface area (TPSA) is 103 Å². The van der Waals surface area contributed by atoms with Crippen LogP contribution in [0.15, 0.2) is 24.3 Å². The van der Waals surface area contributed by atoms with Crippen LogP contribution in [0.3, 0.4) is 0 Å². The molecule has 2 saturated heterocycles. The summed E-state index contributed by atoms with van der Waals surface area (Å²) in [6, 6.07) is 9.61. The number of likely N-dealkylation sites (tertiary alicyclic amines) is 1.